The van der Waals surface area contributed by atoms with Crippen LogP contribution in [0.3, 0.4) is 0 Å². The first-order chi connectivity index (χ1) is 9.04. The normalized spacial score (nSPS) is 18.5. The fourth-order valence-corrected chi connectivity index (χ4v) is 2.12. The maximum atomic E-state index is 11.7. The Hall–Kier alpha value is -2.37. The molecular weight excluding hydrogens is 250 g/mol. The SMILES string of the molecule is COC(=O)c1ccc(N2C(=O)CC[C@H]2C(=O)O)cc1. The van der Waals surface area contributed by atoms with Gasteiger partial charge in [0, 0.05) is 12.1 Å². The van der Waals surface area contributed by atoms with Crippen molar-refractivity contribution in [1.29, 1.82) is 0 Å². The number of anilines is 1. The van der Waals surface area contributed by atoms with Gasteiger partial charge < -0.3 is 9.84 Å². The van der Waals surface area contributed by atoms with Crippen molar-refractivity contribution in [2.45, 2.75) is 18.9 Å². The van der Waals surface area contributed by atoms with Gasteiger partial charge in [0.05, 0.1) is 12.7 Å². The molecule has 0 aliphatic carbocycles. The van der Waals surface area contributed by atoms with E-state index < -0.39 is 18.0 Å². The van der Waals surface area contributed by atoms with Crippen molar-refractivity contribution in [1.82, 2.24) is 0 Å². The summed E-state index contributed by atoms with van der Waals surface area (Å²) < 4.78 is 4.57. The number of carboxylic acids is 1. The van der Waals surface area contributed by atoms with E-state index in [0.717, 1.165) is 0 Å². The molecule has 1 atom stereocenters. The van der Waals surface area contributed by atoms with Crippen molar-refractivity contribution in [3.63, 3.8) is 0 Å². The number of methoxy groups -OCH3 is 1. The lowest BCUT2D eigenvalue weighted by molar-refractivity contribution is -0.138. The highest BCUT2D eigenvalue weighted by atomic mass is 16.5. The third-order valence-corrected chi connectivity index (χ3v) is 3.06. The van der Waals surface area contributed by atoms with Crippen molar-refractivity contribution < 1.29 is 24.2 Å². The summed E-state index contributed by atoms with van der Waals surface area (Å²) in [6.45, 7) is 0. The summed E-state index contributed by atoms with van der Waals surface area (Å²) in [6.07, 6.45) is 0.517. The Morgan fingerprint density at radius 2 is 1.95 bits per heavy atom. The molecule has 0 spiro atoms. The molecule has 0 unspecified atom stereocenters. The topological polar surface area (TPSA) is 83.9 Å². The smallest absolute Gasteiger partial charge is 0.337 e. The minimum atomic E-state index is -1.03. The average Bonchev–Trinajstić information content (AvgIpc) is 2.80. The van der Waals surface area contributed by atoms with Crippen LogP contribution < -0.4 is 4.90 Å². The number of nitrogens with zero attached hydrogens (tertiary/aromatic N) is 1. The predicted molar refractivity (Wildman–Crippen MR) is 65.9 cm³/mol. The van der Waals surface area contributed by atoms with Gasteiger partial charge in [-0.3, -0.25) is 9.69 Å². The van der Waals surface area contributed by atoms with Gasteiger partial charge in [-0.2, -0.15) is 0 Å². The van der Waals surface area contributed by atoms with Gasteiger partial charge in [-0.15, -0.1) is 0 Å². The molecular formula is C13H13NO5. The second-order valence-electron chi connectivity index (χ2n) is 4.19. The minimum Gasteiger partial charge on any atom is -0.480 e. The molecule has 2 rings (SSSR count). The lowest BCUT2D eigenvalue weighted by Gasteiger charge is -2.21. The first-order valence-corrected chi connectivity index (χ1v) is 5.78. The van der Waals surface area contributed by atoms with Crippen molar-refractivity contribution in [3.8, 4) is 0 Å². The summed E-state index contributed by atoms with van der Waals surface area (Å²) in [4.78, 5) is 35.4. The molecule has 1 aromatic rings. The Morgan fingerprint density at radius 1 is 1.32 bits per heavy atom. The number of carbonyl (C=O) groups is 3. The van der Waals surface area contributed by atoms with Crippen molar-refractivity contribution in [2.24, 2.45) is 0 Å². The lowest BCUT2D eigenvalue weighted by Crippen LogP contribution is -2.38. The molecule has 6 nitrogen and oxygen atoms in total. The van der Waals surface area contributed by atoms with E-state index in [9.17, 15) is 14.4 Å². The molecule has 6 heteroatoms. The Balaban J connectivity index is 2.28. The van der Waals surface area contributed by atoms with Gasteiger partial charge in [0.15, 0.2) is 0 Å². The predicted octanol–water partition coefficient (Wildman–Crippen LogP) is 1.05. The van der Waals surface area contributed by atoms with Crippen LogP contribution in [0.5, 0.6) is 0 Å². The third kappa shape index (κ3) is 2.42. The van der Waals surface area contributed by atoms with Gasteiger partial charge in [-0.1, -0.05) is 0 Å². The molecule has 1 aliphatic rings. The van der Waals surface area contributed by atoms with E-state index in [1.54, 1.807) is 12.1 Å². The molecule has 0 bridgehead atoms. The Bertz CT molecular complexity index is 522. The number of esters is 1. The number of carboxylic acid groups (broad SMARTS) is 1. The zero-order valence-corrected chi connectivity index (χ0v) is 10.3. The maximum absolute atomic E-state index is 11.7. The van der Waals surface area contributed by atoms with Gasteiger partial charge in [0.1, 0.15) is 6.04 Å². The molecule has 1 amide bonds. The van der Waals surface area contributed by atoms with E-state index in [4.69, 9.17) is 5.11 Å². The molecule has 1 fully saturated rings. The molecule has 1 saturated heterocycles. The number of aliphatic carboxylic acids is 1. The number of hydrogen-bond donors (Lipinski definition) is 1. The van der Waals surface area contributed by atoms with E-state index >= 15 is 0 Å². The second kappa shape index (κ2) is 5.09. The number of hydrogen-bond acceptors (Lipinski definition) is 4. The van der Waals surface area contributed by atoms with E-state index in [0.29, 0.717) is 17.7 Å². The molecule has 0 saturated carbocycles. The summed E-state index contributed by atoms with van der Waals surface area (Å²) in [7, 11) is 1.28. The van der Waals surface area contributed by atoms with Crippen LogP contribution in [0.25, 0.3) is 0 Å². The highest BCUT2D eigenvalue weighted by Gasteiger charge is 2.36. The van der Waals surface area contributed by atoms with Crippen LogP contribution in [0.4, 0.5) is 5.69 Å². The fourth-order valence-electron chi connectivity index (χ4n) is 2.12. The summed E-state index contributed by atoms with van der Waals surface area (Å²) in [5.74, 6) is -1.73. The van der Waals surface area contributed by atoms with Gasteiger partial charge in [-0.05, 0) is 30.7 Å². The van der Waals surface area contributed by atoms with Crippen LogP contribution in [0.15, 0.2) is 24.3 Å². The zero-order chi connectivity index (χ0) is 14.0. The summed E-state index contributed by atoms with van der Waals surface area (Å²) >= 11 is 0. The van der Waals surface area contributed by atoms with Gasteiger partial charge in [0.25, 0.3) is 0 Å². The molecule has 100 valence electrons. The summed E-state index contributed by atoms with van der Waals surface area (Å²) in [5.41, 5.74) is 0.826. The maximum Gasteiger partial charge on any atom is 0.337 e. The van der Waals surface area contributed by atoms with Gasteiger partial charge in [-0.25, -0.2) is 9.59 Å². The average molecular weight is 263 g/mol. The van der Waals surface area contributed by atoms with E-state index in [1.165, 1.54) is 24.1 Å². The second-order valence-corrected chi connectivity index (χ2v) is 4.19. The van der Waals surface area contributed by atoms with Crippen molar-refractivity contribution in [2.75, 3.05) is 12.0 Å². The molecule has 1 N–H and O–H groups in total. The number of rotatable bonds is 3. The van der Waals surface area contributed by atoms with Crippen molar-refractivity contribution in [3.05, 3.63) is 29.8 Å². The Labute approximate surface area is 109 Å². The third-order valence-electron chi connectivity index (χ3n) is 3.06. The van der Waals surface area contributed by atoms with Crippen LogP contribution in [0, 0.1) is 0 Å². The Morgan fingerprint density at radius 3 is 2.47 bits per heavy atom. The number of ether oxygens (including phenoxy) is 1. The first-order valence-electron chi connectivity index (χ1n) is 5.78. The molecule has 1 aliphatic heterocycles. The number of carbonyl (C=O) groups excluding carboxylic acids is 2. The zero-order valence-electron chi connectivity index (χ0n) is 10.3. The minimum absolute atomic E-state index is 0.218. The van der Waals surface area contributed by atoms with Crippen LogP contribution >= 0.6 is 0 Å². The molecule has 1 aromatic carbocycles. The van der Waals surface area contributed by atoms with E-state index in [-0.39, 0.29) is 12.3 Å². The molecule has 0 aromatic heterocycles. The molecule has 0 radical (unpaired) electrons. The molecule has 19 heavy (non-hydrogen) atoms. The fraction of sp³-hybridized carbons (Fsp3) is 0.308. The Kier molecular flexibility index (Phi) is 3.50. The highest BCUT2D eigenvalue weighted by molar-refractivity contribution is 6.02. The molecule has 1 heterocycles. The number of benzene rings is 1. The van der Waals surface area contributed by atoms with Crippen LogP contribution in [-0.4, -0.2) is 36.1 Å². The standard InChI is InChI=1S/C13H13NO5/c1-19-13(18)8-2-4-9(5-3-8)14-10(12(16)17)6-7-11(14)15/h2-5,10H,6-7H2,1H3,(H,16,17)/t10-/m0/s1. The largest absolute Gasteiger partial charge is 0.480 e. The van der Waals surface area contributed by atoms with Crippen LogP contribution in [0.1, 0.15) is 23.2 Å². The van der Waals surface area contributed by atoms with E-state index in [1.807, 2.05) is 0 Å². The quantitative estimate of drug-likeness (QED) is 0.824. The van der Waals surface area contributed by atoms with E-state index in [2.05, 4.69) is 4.74 Å². The first kappa shape index (κ1) is 13.1. The van der Waals surface area contributed by atoms with Gasteiger partial charge in [0.2, 0.25) is 5.91 Å². The van der Waals surface area contributed by atoms with Crippen molar-refractivity contribution >= 4 is 23.5 Å². The van der Waals surface area contributed by atoms with Crippen LogP contribution in [0.2, 0.25) is 0 Å². The summed E-state index contributed by atoms with van der Waals surface area (Å²) in [5, 5.41) is 9.08. The monoisotopic (exact) mass is 263 g/mol. The highest BCUT2D eigenvalue weighted by Crippen LogP contribution is 2.27. The van der Waals surface area contributed by atoms with Crippen LogP contribution in [-0.2, 0) is 14.3 Å². The van der Waals surface area contributed by atoms with Gasteiger partial charge >= 0.3 is 11.9 Å². The lowest BCUT2D eigenvalue weighted by atomic mass is 10.1. The number of amides is 1. The summed E-state index contributed by atoms with van der Waals surface area (Å²) in [6, 6.07) is 5.27.